The summed E-state index contributed by atoms with van der Waals surface area (Å²) >= 11 is 8.13. The molecule has 7 nitrogen and oxygen atoms in total. The number of benzene rings is 2. The number of anilines is 2. The van der Waals surface area contributed by atoms with Crippen molar-refractivity contribution in [2.24, 2.45) is 5.92 Å². The first-order valence-corrected chi connectivity index (χ1v) is 12.2. The van der Waals surface area contributed by atoms with Crippen LogP contribution in [0.2, 0.25) is 5.15 Å². The Labute approximate surface area is 204 Å². The number of nitrogens with one attached hydrogen (secondary N) is 2. The van der Waals surface area contributed by atoms with Crippen LogP contribution in [0.25, 0.3) is 20.8 Å². The van der Waals surface area contributed by atoms with Crippen molar-refractivity contribution in [3.8, 4) is 10.6 Å². The maximum atomic E-state index is 13.5. The molecule has 0 saturated heterocycles. The van der Waals surface area contributed by atoms with E-state index in [1.54, 1.807) is 12.1 Å². The van der Waals surface area contributed by atoms with Crippen LogP contribution in [-0.4, -0.2) is 43.9 Å². The van der Waals surface area contributed by atoms with Gasteiger partial charge in [-0.3, -0.25) is 0 Å². The lowest BCUT2D eigenvalue weighted by Gasteiger charge is -2.20. The predicted molar refractivity (Wildman–Crippen MR) is 133 cm³/mol. The van der Waals surface area contributed by atoms with Crippen LogP contribution in [0.3, 0.4) is 0 Å². The predicted octanol–water partition coefficient (Wildman–Crippen LogP) is 4.70. The van der Waals surface area contributed by atoms with Crippen LogP contribution >= 0.6 is 22.9 Å². The first-order valence-electron chi connectivity index (χ1n) is 11.0. The van der Waals surface area contributed by atoms with Gasteiger partial charge in [-0.25, -0.2) is 14.4 Å². The third-order valence-electron chi connectivity index (χ3n) is 5.92. The van der Waals surface area contributed by atoms with Crippen LogP contribution in [0.15, 0.2) is 48.5 Å². The molecular formula is C24H23ClFN5O2S. The molecule has 2 aromatic carbocycles. The molecule has 0 amide bonds. The van der Waals surface area contributed by atoms with Gasteiger partial charge in [-0.1, -0.05) is 35.9 Å². The van der Waals surface area contributed by atoms with Gasteiger partial charge in [0.2, 0.25) is 5.95 Å². The fourth-order valence-electron chi connectivity index (χ4n) is 4.21. The number of hydrogen-bond donors (Lipinski definition) is 4. The van der Waals surface area contributed by atoms with E-state index in [4.69, 9.17) is 16.6 Å². The van der Waals surface area contributed by atoms with Crippen molar-refractivity contribution in [1.29, 1.82) is 0 Å². The summed E-state index contributed by atoms with van der Waals surface area (Å²) in [5, 5.41) is 27.4. The van der Waals surface area contributed by atoms with Gasteiger partial charge in [0.1, 0.15) is 21.8 Å². The summed E-state index contributed by atoms with van der Waals surface area (Å²) in [6.07, 6.45) is 0.483. The second kappa shape index (κ2) is 9.79. The van der Waals surface area contributed by atoms with Gasteiger partial charge in [0.25, 0.3) is 0 Å². The number of rotatable bonds is 7. The van der Waals surface area contributed by atoms with Gasteiger partial charge in [-0.05, 0) is 48.6 Å². The molecule has 0 bridgehead atoms. The van der Waals surface area contributed by atoms with Crippen LogP contribution < -0.4 is 10.6 Å². The van der Waals surface area contributed by atoms with Crippen LogP contribution in [0.1, 0.15) is 18.4 Å². The minimum Gasteiger partial charge on any atom is -0.396 e. The molecule has 4 N–H and O–H groups in total. The summed E-state index contributed by atoms with van der Waals surface area (Å²) in [7, 11) is 0. The zero-order chi connectivity index (χ0) is 23.7. The Bertz CT molecular complexity index is 1290. The van der Waals surface area contributed by atoms with Gasteiger partial charge in [0.15, 0.2) is 0 Å². The molecule has 1 aliphatic carbocycles. The number of nitrogens with zero attached hydrogens (tertiary/aromatic N) is 3. The quantitative estimate of drug-likeness (QED) is 0.273. The molecule has 1 aliphatic rings. The smallest absolute Gasteiger partial charge is 0.226 e. The molecule has 0 spiro atoms. The largest absolute Gasteiger partial charge is 0.396 e. The Morgan fingerprint density at radius 1 is 1.09 bits per heavy atom. The van der Waals surface area contributed by atoms with E-state index in [0.29, 0.717) is 35.8 Å². The zero-order valence-electron chi connectivity index (χ0n) is 18.1. The third kappa shape index (κ3) is 4.83. The van der Waals surface area contributed by atoms with Crippen molar-refractivity contribution in [2.75, 3.05) is 17.2 Å². The molecule has 2 aromatic heterocycles. The van der Waals surface area contributed by atoms with E-state index >= 15 is 0 Å². The van der Waals surface area contributed by atoms with Gasteiger partial charge >= 0.3 is 0 Å². The van der Waals surface area contributed by atoms with Gasteiger partial charge < -0.3 is 20.8 Å². The van der Waals surface area contributed by atoms with E-state index < -0.39 is 6.10 Å². The first kappa shape index (κ1) is 22.9. The minimum atomic E-state index is -0.627. The molecule has 34 heavy (non-hydrogen) atoms. The molecule has 1 saturated carbocycles. The molecule has 0 radical (unpaired) electrons. The summed E-state index contributed by atoms with van der Waals surface area (Å²) in [6, 6.07) is 13.8. The Kier molecular flexibility index (Phi) is 6.60. The molecule has 1 fully saturated rings. The Balaban J connectivity index is 1.50. The number of para-hydroxylation sites is 1. The standard InChI is InChI=1S/C24H23ClFN5O2S/c25-21-20(23-29-16-6-1-2-7-19(16)34-23)22(28-17-9-14(12-32)10-18(17)33)31-24(30-21)27-11-13-4-3-5-15(26)8-13/h1-8,14,17-18,32-33H,9-12H2,(H2,27,28,30,31)/t14-,17+,18+/m0/s1. The number of hydrogen-bond acceptors (Lipinski definition) is 8. The molecule has 176 valence electrons. The van der Waals surface area contributed by atoms with Gasteiger partial charge in [-0.2, -0.15) is 4.98 Å². The molecule has 3 atom stereocenters. The first-order chi connectivity index (χ1) is 16.5. The average molecular weight is 500 g/mol. The second-order valence-corrected chi connectivity index (χ2v) is 9.76. The van der Waals surface area contributed by atoms with Crippen molar-refractivity contribution in [3.63, 3.8) is 0 Å². The summed E-state index contributed by atoms with van der Waals surface area (Å²) in [6.45, 7) is 0.331. The van der Waals surface area contributed by atoms with Gasteiger partial charge in [-0.15, -0.1) is 11.3 Å². The van der Waals surface area contributed by atoms with E-state index in [9.17, 15) is 14.6 Å². The fraction of sp³-hybridized carbons (Fsp3) is 0.292. The van der Waals surface area contributed by atoms with Crippen molar-refractivity contribution < 1.29 is 14.6 Å². The third-order valence-corrected chi connectivity index (χ3v) is 7.25. The molecule has 2 heterocycles. The van der Waals surface area contributed by atoms with Crippen molar-refractivity contribution in [2.45, 2.75) is 31.5 Å². The summed E-state index contributed by atoms with van der Waals surface area (Å²) < 4.78 is 14.5. The number of aliphatic hydroxyl groups excluding tert-OH is 2. The topological polar surface area (TPSA) is 103 Å². The monoisotopic (exact) mass is 499 g/mol. The number of aromatic nitrogens is 3. The maximum absolute atomic E-state index is 13.5. The van der Waals surface area contributed by atoms with E-state index in [1.807, 2.05) is 24.3 Å². The summed E-state index contributed by atoms with van der Waals surface area (Å²) in [4.78, 5) is 13.8. The van der Waals surface area contributed by atoms with Crippen LogP contribution in [0.5, 0.6) is 0 Å². The maximum Gasteiger partial charge on any atom is 0.226 e. The van der Waals surface area contributed by atoms with Gasteiger partial charge in [0.05, 0.1) is 27.9 Å². The average Bonchev–Trinajstić information content (AvgIpc) is 3.40. The second-order valence-electron chi connectivity index (χ2n) is 8.37. The number of halogens is 2. The lowest BCUT2D eigenvalue weighted by Crippen LogP contribution is -2.29. The van der Waals surface area contributed by atoms with E-state index in [0.717, 1.165) is 15.8 Å². The van der Waals surface area contributed by atoms with E-state index in [2.05, 4.69) is 20.6 Å². The zero-order valence-corrected chi connectivity index (χ0v) is 19.7. The Hall–Kier alpha value is -2.85. The fourth-order valence-corrected chi connectivity index (χ4v) is 5.54. The van der Waals surface area contributed by atoms with Crippen molar-refractivity contribution in [1.82, 2.24) is 15.0 Å². The summed E-state index contributed by atoms with van der Waals surface area (Å²) in [5.74, 6) is 0.415. The highest BCUT2D eigenvalue weighted by Gasteiger charge is 2.34. The Morgan fingerprint density at radius 2 is 1.94 bits per heavy atom. The number of thiazole rings is 1. The Morgan fingerprint density at radius 3 is 2.71 bits per heavy atom. The van der Waals surface area contributed by atoms with E-state index in [-0.39, 0.29) is 35.5 Å². The lowest BCUT2D eigenvalue weighted by atomic mass is 10.1. The molecule has 10 heteroatoms. The normalized spacial score (nSPS) is 20.1. The van der Waals surface area contributed by atoms with Crippen LogP contribution in [0, 0.1) is 11.7 Å². The van der Waals surface area contributed by atoms with Crippen LogP contribution in [0.4, 0.5) is 16.2 Å². The number of fused-ring (bicyclic) bond motifs is 1. The molecular weight excluding hydrogens is 477 g/mol. The van der Waals surface area contributed by atoms with Crippen molar-refractivity contribution in [3.05, 3.63) is 65.1 Å². The highest BCUT2D eigenvalue weighted by Crippen LogP contribution is 2.39. The SMILES string of the molecule is OC[C@@H]1C[C@@H](O)[C@H](Nc2nc(NCc3cccc(F)c3)nc(Cl)c2-c2nc3ccccc3s2)C1. The molecule has 0 aliphatic heterocycles. The van der Waals surface area contributed by atoms with E-state index in [1.165, 1.54) is 23.5 Å². The number of aliphatic hydroxyl groups is 2. The lowest BCUT2D eigenvalue weighted by molar-refractivity contribution is 0.157. The molecule has 4 aromatic rings. The molecule has 0 unspecified atom stereocenters. The highest BCUT2D eigenvalue weighted by molar-refractivity contribution is 7.21. The summed E-state index contributed by atoms with van der Waals surface area (Å²) in [5.41, 5.74) is 2.14. The molecule has 5 rings (SSSR count). The van der Waals surface area contributed by atoms with Gasteiger partial charge in [0, 0.05) is 13.2 Å². The van der Waals surface area contributed by atoms with Crippen molar-refractivity contribution >= 4 is 44.9 Å². The van der Waals surface area contributed by atoms with Crippen LogP contribution in [-0.2, 0) is 6.54 Å². The highest BCUT2D eigenvalue weighted by atomic mass is 35.5. The minimum absolute atomic E-state index is 0.0151.